The lowest BCUT2D eigenvalue weighted by molar-refractivity contribution is -0.119. The van der Waals surface area contributed by atoms with Gasteiger partial charge in [-0.1, -0.05) is 48.0 Å². The molecule has 0 saturated carbocycles. The van der Waals surface area contributed by atoms with Gasteiger partial charge in [-0.3, -0.25) is 4.79 Å². The third-order valence-corrected chi connectivity index (χ3v) is 3.56. The number of carbonyl (C=O) groups is 1. The van der Waals surface area contributed by atoms with Crippen molar-refractivity contribution in [3.8, 4) is 0 Å². The van der Waals surface area contributed by atoms with E-state index in [0.717, 1.165) is 11.3 Å². The first-order valence-electron chi connectivity index (χ1n) is 7.21. The number of benzene rings is 2. The molecule has 1 unspecified atom stereocenters. The van der Waals surface area contributed by atoms with Crippen LogP contribution in [0.2, 0.25) is 0 Å². The maximum atomic E-state index is 11.6. The van der Waals surface area contributed by atoms with Crippen molar-refractivity contribution < 1.29 is 4.79 Å². The van der Waals surface area contributed by atoms with Gasteiger partial charge in [0.2, 0.25) is 5.91 Å². The lowest BCUT2D eigenvalue weighted by Crippen LogP contribution is -2.20. The zero-order valence-electron chi connectivity index (χ0n) is 12.8. The summed E-state index contributed by atoms with van der Waals surface area (Å²) < 4.78 is 0. The molecule has 110 valence electrons. The first-order chi connectivity index (χ1) is 10.1. The van der Waals surface area contributed by atoms with Crippen LogP contribution in [0.25, 0.3) is 0 Å². The number of para-hydroxylation sites is 1. The molecule has 3 nitrogen and oxygen atoms in total. The van der Waals surface area contributed by atoms with Gasteiger partial charge in [-0.05, 0) is 31.0 Å². The van der Waals surface area contributed by atoms with E-state index in [9.17, 15) is 4.79 Å². The third-order valence-electron chi connectivity index (χ3n) is 3.56. The highest BCUT2D eigenvalue weighted by Gasteiger charge is 2.10. The molecule has 0 saturated heterocycles. The fourth-order valence-corrected chi connectivity index (χ4v) is 2.33. The zero-order valence-corrected chi connectivity index (χ0v) is 12.8. The number of aryl methyl sites for hydroxylation is 1. The van der Waals surface area contributed by atoms with Crippen LogP contribution in [0.5, 0.6) is 0 Å². The Balaban J connectivity index is 2.17. The van der Waals surface area contributed by atoms with E-state index in [1.54, 1.807) is 7.05 Å². The molecule has 2 rings (SSSR count). The molecular formula is C18H22N2O. The Kier molecular flexibility index (Phi) is 4.99. The van der Waals surface area contributed by atoms with Crippen LogP contribution in [0, 0.1) is 6.92 Å². The van der Waals surface area contributed by atoms with Gasteiger partial charge < -0.3 is 10.6 Å². The van der Waals surface area contributed by atoms with Crippen LogP contribution in [-0.2, 0) is 11.2 Å². The molecule has 21 heavy (non-hydrogen) atoms. The number of carbonyl (C=O) groups excluding carboxylic acids is 1. The standard InChI is InChI=1S/C18H22N2O/c1-13-7-6-9-15(11-13)14(2)20-17-10-5-4-8-16(17)12-18(21)19-3/h4-11,14,20H,12H2,1-3H3,(H,19,21). The van der Waals surface area contributed by atoms with E-state index >= 15 is 0 Å². The summed E-state index contributed by atoms with van der Waals surface area (Å²) in [6, 6.07) is 16.6. The average Bonchev–Trinajstić information content (AvgIpc) is 2.49. The number of likely N-dealkylation sites (N-methyl/N-ethyl adjacent to an activating group) is 1. The van der Waals surface area contributed by atoms with E-state index in [-0.39, 0.29) is 11.9 Å². The zero-order chi connectivity index (χ0) is 15.2. The summed E-state index contributed by atoms with van der Waals surface area (Å²) in [5, 5.41) is 6.17. The monoisotopic (exact) mass is 282 g/mol. The molecule has 0 spiro atoms. The Morgan fingerprint density at radius 1 is 1.14 bits per heavy atom. The lowest BCUT2D eigenvalue weighted by Gasteiger charge is -2.19. The predicted octanol–water partition coefficient (Wildman–Crippen LogP) is 3.46. The van der Waals surface area contributed by atoms with Gasteiger partial charge in [-0.15, -0.1) is 0 Å². The quantitative estimate of drug-likeness (QED) is 0.882. The second-order valence-corrected chi connectivity index (χ2v) is 5.29. The van der Waals surface area contributed by atoms with Crippen LogP contribution in [0.15, 0.2) is 48.5 Å². The van der Waals surface area contributed by atoms with E-state index in [1.807, 2.05) is 24.3 Å². The summed E-state index contributed by atoms with van der Waals surface area (Å²) in [6.07, 6.45) is 0.389. The Morgan fingerprint density at radius 3 is 2.62 bits per heavy atom. The lowest BCUT2D eigenvalue weighted by atomic mass is 10.0. The Hall–Kier alpha value is -2.29. The van der Waals surface area contributed by atoms with Gasteiger partial charge >= 0.3 is 0 Å². The first kappa shape index (κ1) is 15.1. The molecule has 2 N–H and O–H groups in total. The molecule has 0 radical (unpaired) electrons. The molecule has 0 aliphatic rings. The second-order valence-electron chi connectivity index (χ2n) is 5.29. The smallest absolute Gasteiger partial charge is 0.224 e. The summed E-state index contributed by atoms with van der Waals surface area (Å²) in [6.45, 7) is 4.22. The van der Waals surface area contributed by atoms with Gasteiger partial charge in [0.05, 0.1) is 6.42 Å². The highest BCUT2D eigenvalue weighted by Crippen LogP contribution is 2.23. The van der Waals surface area contributed by atoms with Gasteiger partial charge in [-0.25, -0.2) is 0 Å². The molecule has 2 aromatic carbocycles. The molecule has 0 bridgehead atoms. The fraction of sp³-hybridized carbons (Fsp3) is 0.278. The summed E-state index contributed by atoms with van der Waals surface area (Å²) >= 11 is 0. The van der Waals surface area contributed by atoms with Crippen molar-refractivity contribution in [1.29, 1.82) is 0 Å². The van der Waals surface area contributed by atoms with Crippen LogP contribution in [0.4, 0.5) is 5.69 Å². The molecule has 3 heteroatoms. The molecule has 1 amide bonds. The summed E-state index contributed by atoms with van der Waals surface area (Å²) in [4.78, 5) is 11.6. The minimum Gasteiger partial charge on any atom is -0.378 e. The Morgan fingerprint density at radius 2 is 1.90 bits per heavy atom. The van der Waals surface area contributed by atoms with E-state index in [4.69, 9.17) is 0 Å². The van der Waals surface area contributed by atoms with Crippen LogP contribution >= 0.6 is 0 Å². The van der Waals surface area contributed by atoms with Crippen molar-refractivity contribution in [1.82, 2.24) is 5.32 Å². The van der Waals surface area contributed by atoms with E-state index < -0.39 is 0 Å². The van der Waals surface area contributed by atoms with Gasteiger partial charge in [0, 0.05) is 18.8 Å². The topological polar surface area (TPSA) is 41.1 Å². The second kappa shape index (κ2) is 6.93. The number of nitrogens with one attached hydrogen (secondary N) is 2. The SMILES string of the molecule is CNC(=O)Cc1ccccc1NC(C)c1cccc(C)c1. The van der Waals surface area contributed by atoms with Crippen molar-refractivity contribution in [3.63, 3.8) is 0 Å². The average molecular weight is 282 g/mol. The van der Waals surface area contributed by atoms with E-state index in [0.29, 0.717) is 6.42 Å². The number of hydrogen-bond acceptors (Lipinski definition) is 2. The fourth-order valence-electron chi connectivity index (χ4n) is 2.33. The molecule has 0 aliphatic carbocycles. The normalized spacial score (nSPS) is 11.8. The van der Waals surface area contributed by atoms with Gasteiger partial charge in [0.1, 0.15) is 0 Å². The minimum absolute atomic E-state index is 0.0208. The Bertz CT molecular complexity index is 622. The van der Waals surface area contributed by atoms with Gasteiger partial charge in [0.25, 0.3) is 0 Å². The van der Waals surface area contributed by atoms with Crippen molar-refractivity contribution in [2.45, 2.75) is 26.3 Å². The number of amides is 1. The van der Waals surface area contributed by atoms with Crippen LogP contribution in [0.3, 0.4) is 0 Å². The third kappa shape index (κ3) is 4.09. The van der Waals surface area contributed by atoms with Crippen LogP contribution in [0.1, 0.15) is 29.7 Å². The van der Waals surface area contributed by atoms with Crippen LogP contribution < -0.4 is 10.6 Å². The molecule has 1 atom stereocenters. The van der Waals surface area contributed by atoms with Crippen LogP contribution in [-0.4, -0.2) is 13.0 Å². The van der Waals surface area contributed by atoms with E-state index in [2.05, 4.69) is 48.7 Å². The number of anilines is 1. The number of hydrogen-bond donors (Lipinski definition) is 2. The van der Waals surface area contributed by atoms with Gasteiger partial charge in [-0.2, -0.15) is 0 Å². The molecule has 0 fully saturated rings. The summed E-state index contributed by atoms with van der Waals surface area (Å²) in [7, 11) is 1.66. The molecule has 2 aromatic rings. The highest BCUT2D eigenvalue weighted by molar-refractivity contribution is 5.80. The molecule has 0 aromatic heterocycles. The Labute approximate surface area is 126 Å². The summed E-state index contributed by atoms with van der Waals surface area (Å²) in [5.74, 6) is 0.0208. The van der Waals surface area contributed by atoms with Crippen molar-refractivity contribution in [2.24, 2.45) is 0 Å². The molecule has 0 heterocycles. The van der Waals surface area contributed by atoms with Crippen molar-refractivity contribution in [3.05, 3.63) is 65.2 Å². The molecular weight excluding hydrogens is 260 g/mol. The summed E-state index contributed by atoms with van der Waals surface area (Å²) in [5.41, 5.74) is 4.51. The highest BCUT2D eigenvalue weighted by atomic mass is 16.1. The molecule has 0 aliphatic heterocycles. The van der Waals surface area contributed by atoms with E-state index in [1.165, 1.54) is 11.1 Å². The van der Waals surface area contributed by atoms with Gasteiger partial charge in [0.15, 0.2) is 0 Å². The maximum Gasteiger partial charge on any atom is 0.224 e. The number of rotatable bonds is 5. The van der Waals surface area contributed by atoms with Crippen molar-refractivity contribution in [2.75, 3.05) is 12.4 Å². The maximum absolute atomic E-state index is 11.6. The first-order valence-corrected chi connectivity index (χ1v) is 7.21. The predicted molar refractivity (Wildman–Crippen MR) is 87.4 cm³/mol. The minimum atomic E-state index is 0.0208. The van der Waals surface area contributed by atoms with Crippen molar-refractivity contribution >= 4 is 11.6 Å². The largest absolute Gasteiger partial charge is 0.378 e.